The summed E-state index contributed by atoms with van der Waals surface area (Å²) in [7, 11) is 1.82. The lowest BCUT2D eigenvalue weighted by molar-refractivity contribution is 1.12. The second-order valence-corrected chi connectivity index (χ2v) is 5.26. The summed E-state index contributed by atoms with van der Waals surface area (Å²) in [6.07, 6.45) is 1.78. The van der Waals surface area contributed by atoms with Gasteiger partial charge in [-0.05, 0) is 31.2 Å². The van der Waals surface area contributed by atoms with E-state index >= 15 is 0 Å². The van der Waals surface area contributed by atoms with Crippen LogP contribution in [-0.2, 0) is 0 Å². The van der Waals surface area contributed by atoms with Gasteiger partial charge in [-0.2, -0.15) is 5.26 Å². The van der Waals surface area contributed by atoms with Crippen LogP contribution < -0.4 is 11.1 Å². The molecule has 6 heteroatoms. The first-order valence-corrected chi connectivity index (χ1v) is 7.41. The van der Waals surface area contributed by atoms with Crippen LogP contribution in [0.4, 0.5) is 11.8 Å². The summed E-state index contributed by atoms with van der Waals surface area (Å²) in [6, 6.07) is 13.2. The molecule has 0 unspecified atom stereocenters. The number of nitrogens with one attached hydrogen (secondary N) is 1. The fourth-order valence-corrected chi connectivity index (χ4v) is 2.54. The Hall–Kier alpha value is -3.46. The van der Waals surface area contributed by atoms with Gasteiger partial charge in [0.1, 0.15) is 5.82 Å². The molecule has 0 atom stereocenters. The molecule has 0 aliphatic rings. The summed E-state index contributed by atoms with van der Waals surface area (Å²) in [4.78, 5) is 13.1. The van der Waals surface area contributed by atoms with Crippen LogP contribution in [0.3, 0.4) is 0 Å². The lowest BCUT2D eigenvalue weighted by Crippen LogP contribution is -2.03. The number of benzene rings is 1. The number of rotatable bonds is 3. The van der Waals surface area contributed by atoms with Crippen molar-refractivity contribution in [3.05, 3.63) is 53.9 Å². The minimum Gasteiger partial charge on any atom is -0.373 e. The van der Waals surface area contributed by atoms with Crippen molar-refractivity contribution in [3.8, 4) is 28.5 Å². The van der Waals surface area contributed by atoms with Gasteiger partial charge >= 0.3 is 0 Å². The molecule has 0 amide bonds. The molecule has 0 aliphatic heterocycles. The second-order valence-electron chi connectivity index (χ2n) is 5.26. The topological polar surface area (TPSA) is 101 Å². The highest BCUT2D eigenvalue weighted by Crippen LogP contribution is 2.33. The molecule has 2 aromatic heterocycles. The van der Waals surface area contributed by atoms with Crippen LogP contribution in [0.2, 0.25) is 0 Å². The smallest absolute Gasteiger partial charge is 0.220 e. The van der Waals surface area contributed by atoms with Gasteiger partial charge in [0.25, 0.3) is 0 Å². The van der Waals surface area contributed by atoms with E-state index in [1.54, 1.807) is 18.3 Å². The Bertz CT molecular complexity index is 908. The molecule has 118 valence electrons. The monoisotopic (exact) mass is 316 g/mol. The standard InChI is InChI=1S/C18H16N6/c1-11-16(14-7-8-15(21-2)22-10-14)17(24-18(20)23-11)13-5-3-12(9-19)4-6-13/h3-8,10H,1-2H3,(H,21,22)(H2,20,23,24). The average Bonchev–Trinajstić information content (AvgIpc) is 2.61. The molecular formula is C18H16N6. The van der Waals surface area contributed by atoms with Gasteiger partial charge in [-0.25, -0.2) is 15.0 Å². The van der Waals surface area contributed by atoms with Crippen LogP contribution in [0.25, 0.3) is 22.4 Å². The van der Waals surface area contributed by atoms with Gasteiger partial charge in [0.2, 0.25) is 5.95 Å². The Morgan fingerprint density at radius 1 is 1.04 bits per heavy atom. The third-order valence-electron chi connectivity index (χ3n) is 3.70. The third-order valence-corrected chi connectivity index (χ3v) is 3.70. The molecule has 0 aliphatic carbocycles. The van der Waals surface area contributed by atoms with Crippen LogP contribution in [-0.4, -0.2) is 22.0 Å². The molecule has 6 nitrogen and oxygen atoms in total. The van der Waals surface area contributed by atoms with E-state index in [2.05, 4.69) is 26.3 Å². The van der Waals surface area contributed by atoms with E-state index in [9.17, 15) is 0 Å². The Kier molecular flexibility index (Phi) is 4.08. The van der Waals surface area contributed by atoms with Crippen LogP contribution in [0.15, 0.2) is 42.6 Å². The van der Waals surface area contributed by atoms with Crippen molar-refractivity contribution >= 4 is 11.8 Å². The lowest BCUT2D eigenvalue weighted by atomic mass is 9.98. The summed E-state index contributed by atoms with van der Waals surface area (Å²) in [5.74, 6) is 1.00. The van der Waals surface area contributed by atoms with Crippen molar-refractivity contribution in [2.45, 2.75) is 6.92 Å². The number of nitrogens with zero attached hydrogens (tertiary/aromatic N) is 4. The number of aryl methyl sites for hydroxylation is 1. The first-order valence-electron chi connectivity index (χ1n) is 7.41. The maximum Gasteiger partial charge on any atom is 0.220 e. The number of anilines is 2. The Morgan fingerprint density at radius 3 is 2.33 bits per heavy atom. The van der Waals surface area contributed by atoms with Crippen molar-refractivity contribution in [2.24, 2.45) is 0 Å². The van der Waals surface area contributed by atoms with Crippen LogP contribution >= 0.6 is 0 Å². The van der Waals surface area contributed by atoms with E-state index in [1.807, 2.05) is 38.2 Å². The van der Waals surface area contributed by atoms with Gasteiger partial charge in [-0.3, -0.25) is 0 Å². The molecule has 0 bridgehead atoms. The summed E-state index contributed by atoms with van der Waals surface area (Å²) in [5, 5.41) is 12.0. The lowest BCUT2D eigenvalue weighted by Gasteiger charge is -2.13. The first kappa shape index (κ1) is 15.4. The number of hydrogen-bond donors (Lipinski definition) is 2. The molecule has 1 aromatic carbocycles. The Morgan fingerprint density at radius 2 is 1.75 bits per heavy atom. The van der Waals surface area contributed by atoms with Crippen molar-refractivity contribution in [2.75, 3.05) is 18.1 Å². The van der Waals surface area contributed by atoms with Gasteiger partial charge < -0.3 is 11.1 Å². The number of nitrogens with two attached hydrogens (primary N) is 1. The third kappa shape index (κ3) is 2.88. The molecule has 0 spiro atoms. The van der Waals surface area contributed by atoms with Crippen LogP contribution in [0, 0.1) is 18.3 Å². The van der Waals surface area contributed by atoms with E-state index in [4.69, 9.17) is 11.0 Å². The number of nitriles is 1. The molecule has 3 aromatic rings. The van der Waals surface area contributed by atoms with E-state index in [-0.39, 0.29) is 5.95 Å². The molecule has 3 N–H and O–H groups in total. The zero-order chi connectivity index (χ0) is 17.1. The molecule has 24 heavy (non-hydrogen) atoms. The van der Waals surface area contributed by atoms with Gasteiger partial charge in [0, 0.05) is 29.9 Å². The molecule has 0 fully saturated rings. The van der Waals surface area contributed by atoms with E-state index in [1.165, 1.54) is 0 Å². The van der Waals surface area contributed by atoms with Crippen molar-refractivity contribution in [3.63, 3.8) is 0 Å². The summed E-state index contributed by atoms with van der Waals surface area (Å²) in [6.45, 7) is 1.90. The van der Waals surface area contributed by atoms with Crippen molar-refractivity contribution in [1.82, 2.24) is 15.0 Å². The normalized spacial score (nSPS) is 10.2. The maximum atomic E-state index is 8.96. The minimum atomic E-state index is 0.218. The van der Waals surface area contributed by atoms with E-state index in [0.717, 1.165) is 33.9 Å². The molecule has 0 radical (unpaired) electrons. The van der Waals surface area contributed by atoms with E-state index < -0.39 is 0 Å². The average molecular weight is 316 g/mol. The molecule has 3 rings (SSSR count). The van der Waals surface area contributed by atoms with E-state index in [0.29, 0.717) is 5.56 Å². The maximum absolute atomic E-state index is 8.96. The largest absolute Gasteiger partial charge is 0.373 e. The fraction of sp³-hybridized carbons (Fsp3) is 0.111. The number of hydrogen-bond acceptors (Lipinski definition) is 6. The number of nitrogen functional groups attached to an aromatic ring is 1. The van der Waals surface area contributed by atoms with Gasteiger partial charge in [-0.15, -0.1) is 0 Å². The molecule has 0 saturated heterocycles. The SMILES string of the molecule is CNc1ccc(-c2c(C)nc(N)nc2-c2ccc(C#N)cc2)cn1. The molecule has 2 heterocycles. The van der Waals surface area contributed by atoms with Gasteiger partial charge in [0.15, 0.2) is 0 Å². The predicted molar refractivity (Wildman–Crippen MR) is 94.1 cm³/mol. The predicted octanol–water partition coefficient (Wildman–Crippen LogP) is 3.01. The number of pyridine rings is 1. The summed E-state index contributed by atoms with van der Waals surface area (Å²) >= 11 is 0. The summed E-state index contributed by atoms with van der Waals surface area (Å²) in [5.41, 5.74) is 10.6. The Labute approximate surface area is 140 Å². The number of aromatic nitrogens is 3. The zero-order valence-corrected chi connectivity index (χ0v) is 13.4. The highest BCUT2D eigenvalue weighted by molar-refractivity contribution is 5.83. The van der Waals surface area contributed by atoms with Crippen LogP contribution in [0.1, 0.15) is 11.3 Å². The van der Waals surface area contributed by atoms with Crippen LogP contribution in [0.5, 0.6) is 0 Å². The quantitative estimate of drug-likeness (QED) is 0.770. The van der Waals surface area contributed by atoms with Gasteiger partial charge in [0.05, 0.1) is 23.0 Å². The molecule has 0 saturated carbocycles. The first-order chi connectivity index (χ1) is 11.6. The Balaban J connectivity index is 2.19. The summed E-state index contributed by atoms with van der Waals surface area (Å²) < 4.78 is 0. The second kappa shape index (κ2) is 6.34. The molecular weight excluding hydrogens is 300 g/mol. The van der Waals surface area contributed by atoms with Crippen molar-refractivity contribution < 1.29 is 0 Å². The highest BCUT2D eigenvalue weighted by Gasteiger charge is 2.15. The highest BCUT2D eigenvalue weighted by atomic mass is 15.0. The minimum absolute atomic E-state index is 0.218. The van der Waals surface area contributed by atoms with Gasteiger partial charge in [-0.1, -0.05) is 12.1 Å². The zero-order valence-electron chi connectivity index (χ0n) is 13.4. The fourth-order valence-electron chi connectivity index (χ4n) is 2.54. The van der Waals surface area contributed by atoms with Crippen molar-refractivity contribution in [1.29, 1.82) is 5.26 Å².